The maximum Gasteiger partial charge on any atom is 0.305 e. The minimum absolute atomic E-state index is 0.145. The Morgan fingerprint density at radius 1 is 1.20 bits per heavy atom. The van der Waals surface area contributed by atoms with Crippen molar-refractivity contribution in [1.29, 1.82) is 0 Å². The van der Waals surface area contributed by atoms with E-state index in [0.29, 0.717) is 5.69 Å². The number of benzene rings is 2. The second-order valence-electron chi connectivity index (χ2n) is 4.19. The van der Waals surface area contributed by atoms with Gasteiger partial charge in [0.2, 0.25) is 0 Å². The Hall–Kier alpha value is -2.47. The Kier molecular flexibility index (Phi) is 3.08. The number of rotatable bonds is 2. The van der Waals surface area contributed by atoms with Gasteiger partial charge in [-0.15, -0.1) is 0 Å². The Balaban J connectivity index is 1.88. The molecular weight excluding hydrogens is 279 g/mol. The highest BCUT2D eigenvalue weighted by Crippen LogP contribution is 2.20. The molecule has 0 saturated heterocycles. The molecule has 100 valence electrons. The average molecular weight is 288 g/mol. The van der Waals surface area contributed by atoms with Gasteiger partial charge in [-0.05, 0) is 36.4 Å². The zero-order valence-electron chi connectivity index (χ0n) is 10.1. The Labute approximate surface area is 116 Å². The fraction of sp³-hybridized carbons (Fsp3) is 0. The van der Waals surface area contributed by atoms with Gasteiger partial charge in [0.1, 0.15) is 5.82 Å². The second kappa shape index (κ2) is 4.90. The smallest absolute Gasteiger partial charge is 0.305 e. The van der Waals surface area contributed by atoms with Gasteiger partial charge < -0.3 is 10.3 Å². The zero-order chi connectivity index (χ0) is 14.1. The summed E-state index contributed by atoms with van der Waals surface area (Å²) in [6.07, 6.45) is 0. The van der Waals surface area contributed by atoms with Gasteiger partial charge in [-0.1, -0.05) is 17.4 Å². The third-order valence-electron chi connectivity index (χ3n) is 2.77. The molecule has 1 heterocycles. The van der Waals surface area contributed by atoms with E-state index in [4.69, 9.17) is 0 Å². The molecule has 0 radical (unpaired) electrons. The van der Waals surface area contributed by atoms with Crippen molar-refractivity contribution in [3.63, 3.8) is 0 Å². The topological polar surface area (TPSA) is 62.0 Å². The van der Waals surface area contributed by atoms with E-state index in [1.807, 2.05) is 0 Å². The molecule has 0 bridgehead atoms. The predicted octanol–water partition coefficient (Wildman–Crippen LogP) is 2.98. The number of carbonyl (C=O) groups is 1. The first kappa shape index (κ1) is 12.6. The molecule has 3 rings (SSSR count). The van der Waals surface area contributed by atoms with Crippen LogP contribution in [0.1, 0.15) is 10.4 Å². The maximum absolute atomic E-state index is 13.1. The van der Waals surface area contributed by atoms with Crippen molar-refractivity contribution < 1.29 is 9.18 Å². The van der Waals surface area contributed by atoms with Gasteiger partial charge >= 0.3 is 4.87 Å². The Morgan fingerprint density at radius 2 is 2.05 bits per heavy atom. The van der Waals surface area contributed by atoms with Crippen molar-refractivity contribution in [3.05, 3.63) is 63.5 Å². The monoisotopic (exact) mass is 288 g/mol. The highest BCUT2D eigenvalue weighted by molar-refractivity contribution is 7.16. The molecule has 4 nitrogen and oxygen atoms in total. The fourth-order valence-corrected chi connectivity index (χ4v) is 2.63. The van der Waals surface area contributed by atoms with E-state index in [2.05, 4.69) is 10.3 Å². The van der Waals surface area contributed by atoms with E-state index in [1.165, 1.54) is 24.3 Å². The Morgan fingerprint density at radius 3 is 2.85 bits per heavy atom. The van der Waals surface area contributed by atoms with Crippen LogP contribution in [0.2, 0.25) is 0 Å². The molecule has 0 fully saturated rings. The fourth-order valence-electron chi connectivity index (χ4n) is 1.86. The molecule has 6 heteroatoms. The third kappa shape index (κ3) is 2.46. The van der Waals surface area contributed by atoms with Crippen LogP contribution in [-0.2, 0) is 0 Å². The molecule has 2 N–H and O–H groups in total. The summed E-state index contributed by atoms with van der Waals surface area (Å²) in [5, 5.41) is 2.67. The molecule has 20 heavy (non-hydrogen) atoms. The first-order chi connectivity index (χ1) is 9.61. The molecule has 0 aliphatic rings. The number of thiazole rings is 1. The largest absolute Gasteiger partial charge is 0.322 e. The van der Waals surface area contributed by atoms with Gasteiger partial charge in [-0.25, -0.2) is 4.39 Å². The summed E-state index contributed by atoms with van der Waals surface area (Å²) in [6, 6.07) is 10.6. The normalized spacial score (nSPS) is 10.7. The number of fused-ring (bicyclic) bond motifs is 1. The number of aromatic nitrogens is 1. The highest BCUT2D eigenvalue weighted by Gasteiger charge is 2.08. The maximum atomic E-state index is 13.1. The SMILES string of the molecule is O=C(Nc1ccc2[nH]c(=O)sc2c1)c1cccc(F)c1. The predicted molar refractivity (Wildman–Crippen MR) is 76.8 cm³/mol. The first-order valence-corrected chi connectivity index (χ1v) is 6.63. The number of amides is 1. The van der Waals surface area contributed by atoms with Crippen LogP contribution in [0.3, 0.4) is 0 Å². The van der Waals surface area contributed by atoms with Crippen LogP contribution in [0.5, 0.6) is 0 Å². The summed E-state index contributed by atoms with van der Waals surface area (Å²) in [7, 11) is 0. The number of H-pyrrole nitrogens is 1. The number of halogens is 1. The molecule has 0 spiro atoms. The van der Waals surface area contributed by atoms with Crippen molar-refractivity contribution >= 4 is 33.1 Å². The summed E-state index contributed by atoms with van der Waals surface area (Å²) in [4.78, 5) is 25.7. The van der Waals surface area contributed by atoms with Crippen molar-refractivity contribution in [2.75, 3.05) is 5.32 Å². The van der Waals surface area contributed by atoms with E-state index in [1.54, 1.807) is 18.2 Å². The molecule has 0 saturated carbocycles. The van der Waals surface area contributed by atoms with Crippen LogP contribution in [0.4, 0.5) is 10.1 Å². The molecule has 0 unspecified atom stereocenters. The average Bonchev–Trinajstić information content (AvgIpc) is 2.78. The molecule has 0 atom stereocenters. The lowest BCUT2D eigenvalue weighted by Gasteiger charge is -2.05. The summed E-state index contributed by atoms with van der Waals surface area (Å²) in [5.74, 6) is -0.858. The van der Waals surface area contributed by atoms with Crippen molar-refractivity contribution in [2.24, 2.45) is 0 Å². The van der Waals surface area contributed by atoms with Crippen molar-refractivity contribution in [1.82, 2.24) is 4.98 Å². The lowest BCUT2D eigenvalue weighted by Crippen LogP contribution is -2.11. The van der Waals surface area contributed by atoms with Crippen molar-refractivity contribution in [2.45, 2.75) is 0 Å². The highest BCUT2D eigenvalue weighted by atomic mass is 32.1. The van der Waals surface area contributed by atoms with Crippen LogP contribution < -0.4 is 10.2 Å². The number of hydrogen-bond acceptors (Lipinski definition) is 3. The molecule has 0 aliphatic carbocycles. The van der Waals surface area contributed by atoms with E-state index in [0.717, 1.165) is 21.6 Å². The number of aromatic amines is 1. The molecule has 1 aromatic heterocycles. The van der Waals surface area contributed by atoms with Gasteiger partial charge in [-0.3, -0.25) is 9.59 Å². The van der Waals surface area contributed by atoms with Gasteiger partial charge in [0.05, 0.1) is 10.2 Å². The van der Waals surface area contributed by atoms with Crippen LogP contribution >= 0.6 is 11.3 Å². The number of anilines is 1. The van der Waals surface area contributed by atoms with E-state index >= 15 is 0 Å². The zero-order valence-corrected chi connectivity index (χ0v) is 11.0. The van der Waals surface area contributed by atoms with Gasteiger partial charge in [0.25, 0.3) is 5.91 Å². The van der Waals surface area contributed by atoms with Crippen LogP contribution in [0, 0.1) is 5.82 Å². The Bertz CT molecular complexity index is 854. The molecule has 3 aromatic rings. The van der Waals surface area contributed by atoms with Crippen LogP contribution in [0.25, 0.3) is 10.2 Å². The van der Waals surface area contributed by atoms with Gasteiger partial charge in [0.15, 0.2) is 0 Å². The number of hydrogen-bond donors (Lipinski definition) is 2. The van der Waals surface area contributed by atoms with E-state index in [-0.39, 0.29) is 10.4 Å². The van der Waals surface area contributed by atoms with Crippen molar-refractivity contribution in [3.8, 4) is 0 Å². The standard InChI is InChI=1S/C14H9FN2O2S/c15-9-3-1-2-8(6-9)13(18)16-10-4-5-11-12(7-10)20-14(19)17-11/h1-7H,(H,16,18)(H,17,19). The second-order valence-corrected chi connectivity index (χ2v) is 5.20. The minimum atomic E-state index is -0.461. The minimum Gasteiger partial charge on any atom is -0.322 e. The lowest BCUT2D eigenvalue weighted by molar-refractivity contribution is 0.102. The third-order valence-corrected chi connectivity index (χ3v) is 3.61. The summed E-state index contributed by atoms with van der Waals surface area (Å²) < 4.78 is 13.8. The van der Waals surface area contributed by atoms with Crippen LogP contribution in [0.15, 0.2) is 47.3 Å². The lowest BCUT2D eigenvalue weighted by atomic mass is 10.2. The summed E-state index contributed by atoms with van der Waals surface area (Å²) in [5.41, 5.74) is 1.53. The number of nitrogens with one attached hydrogen (secondary N) is 2. The number of carbonyl (C=O) groups excluding carboxylic acids is 1. The molecular formula is C14H9FN2O2S. The summed E-state index contributed by atoms with van der Waals surface area (Å²) >= 11 is 1.07. The van der Waals surface area contributed by atoms with Gasteiger partial charge in [0, 0.05) is 11.3 Å². The van der Waals surface area contributed by atoms with E-state index < -0.39 is 11.7 Å². The summed E-state index contributed by atoms with van der Waals surface area (Å²) in [6.45, 7) is 0. The van der Waals surface area contributed by atoms with Crippen LogP contribution in [-0.4, -0.2) is 10.9 Å². The molecule has 1 amide bonds. The van der Waals surface area contributed by atoms with Gasteiger partial charge in [-0.2, -0.15) is 0 Å². The van der Waals surface area contributed by atoms with E-state index in [9.17, 15) is 14.0 Å². The molecule has 0 aliphatic heterocycles. The molecule has 2 aromatic carbocycles. The first-order valence-electron chi connectivity index (χ1n) is 5.81. The quantitative estimate of drug-likeness (QED) is 0.761.